The molecule has 2 aliphatic rings. The third kappa shape index (κ3) is 13.5. The van der Waals surface area contributed by atoms with E-state index >= 15 is 0 Å². The van der Waals surface area contributed by atoms with Crippen molar-refractivity contribution < 1.29 is 14.6 Å². The first-order valence-corrected chi connectivity index (χ1v) is 6.75. The molecule has 0 aromatic rings. The lowest BCUT2D eigenvalue weighted by Gasteiger charge is -2.18. The molecular weight excluding hydrogens is 216 g/mol. The molecule has 1 saturated carbocycles. The van der Waals surface area contributed by atoms with Gasteiger partial charge in [-0.05, 0) is 18.8 Å². The van der Waals surface area contributed by atoms with Crippen LogP contribution in [0.2, 0.25) is 0 Å². The normalized spacial score (nSPS) is 18.8. The quantitative estimate of drug-likeness (QED) is 0.773. The molecule has 0 spiro atoms. The van der Waals surface area contributed by atoms with Crippen molar-refractivity contribution in [3.05, 3.63) is 0 Å². The predicted molar refractivity (Wildman–Crippen MR) is 72.2 cm³/mol. The second-order valence-corrected chi connectivity index (χ2v) is 4.23. The Morgan fingerprint density at radius 1 is 1.00 bits per heavy atom. The maximum atomic E-state index is 8.00. The highest BCUT2D eigenvalue weighted by atomic mass is 16.5. The maximum Gasteiger partial charge on any atom is 0.106 e. The predicted octanol–water partition coefficient (Wildman–Crippen LogP) is 3.20. The van der Waals surface area contributed by atoms with Gasteiger partial charge in [0.1, 0.15) is 6.79 Å². The summed E-state index contributed by atoms with van der Waals surface area (Å²) >= 11 is 0. The number of ether oxygens (including phenoxy) is 1. The molecule has 0 radical (unpaired) electrons. The SMILES string of the molecule is C1CCOC1.C=O.CCC1CCCCC1.CO. The van der Waals surface area contributed by atoms with Crippen molar-refractivity contribution in [1.82, 2.24) is 0 Å². The summed E-state index contributed by atoms with van der Waals surface area (Å²) in [7, 11) is 1.00. The van der Waals surface area contributed by atoms with E-state index in [1.165, 1.54) is 51.4 Å². The lowest BCUT2D eigenvalue weighted by Crippen LogP contribution is -2.03. The van der Waals surface area contributed by atoms with Crippen LogP contribution >= 0.6 is 0 Å². The first kappa shape index (κ1) is 18.9. The number of carbonyl (C=O) groups excluding carboxylic acids is 1. The number of hydrogen-bond acceptors (Lipinski definition) is 3. The highest BCUT2D eigenvalue weighted by molar-refractivity contribution is 5.10. The fraction of sp³-hybridized carbons (Fsp3) is 0.929. The molecule has 0 atom stereocenters. The van der Waals surface area contributed by atoms with Crippen molar-refractivity contribution in [3.8, 4) is 0 Å². The van der Waals surface area contributed by atoms with Crippen LogP contribution in [0.25, 0.3) is 0 Å². The lowest BCUT2D eigenvalue weighted by atomic mass is 9.88. The summed E-state index contributed by atoms with van der Waals surface area (Å²) in [5, 5.41) is 7.00. The van der Waals surface area contributed by atoms with E-state index in [0.717, 1.165) is 26.2 Å². The highest BCUT2D eigenvalue weighted by Gasteiger charge is 2.09. The Morgan fingerprint density at radius 2 is 1.47 bits per heavy atom. The standard InChI is InChI=1S/C8H16.C4H8O.CH4O.CH2O/c1-2-8-6-4-3-5-7-8;1-2-4-5-3-1;2*1-2/h8H,2-7H2,1H3;1-4H2;2H,1H3;1H2. The molecule has 1 aliphatic heterocycles. The molecule has 1 heterocycles. The first-order valence-electron chi connectivity index (χ1n) is 6.75. The molecule has 104 valence electrons. The minimum Gasteiger partial charge on any atom is -0.400 e. The van der Waals surface area contributed by atoms with Crippen LogP contribution in [0.1, 0.15) is 58.3 Å². The van der Waals surface area contributed by atoms with Gasteiger partial charge in [0.25, 0.3) is 0 Å². The van der Waals surface area contributed by atoms with E-state index in [9.17, 15) is 0 Å². The van der Waals surface area contributed by atoms with Crippen LogP contribution in [-0.4, -0.2) is 32.2 Å². The van der Waals surface area contributed by atoms with Crippen LogP contribution in [0.15, 0.2) is 0 Å². The Morgan fingerprint density at radius 3 is 1.71 bits per heavy atom. The third-order valence-corrected chi connectivity index (χ3v) is 3.13. The van der Waals surface area contributed by atoms with E-state index in [0.29, 0.717) is 0 Å². The molecule has 2 fully saturated rings. The van der Waals surface area contributed by atoms with Crippen molar-refractivity contribution in [2.75, 3.05) is 20.3 Å². The molecule has 1 saturated heterocycles. The Hall–Kier alpha value is -0.410. The van der Waals surface area contributed by atoms with E-state index in [2.05, 4.69) is 6.92 Å². The first-order chi connectivity index (χ1) is 8.43. The number of hydrogen-bond donors (Lipinski definition) is 1. The monoisotopic (exact) mass is 246 g/mol. The van der Waals surface area contributed by atoms with Gasteiger partial charge < -0.3 is 14.6 Å². The van der Waals surface area contributed by atoms with Gasteiger partial charge in [-0.25, -0.2) is 0 Å². The average molecular weight is 246 g/mol. The zero-order valence-corrected chi connectivity index (χ0v) is 11.6. The van der Waals surface area contributed by atoms with Crippen LogP contribution in [0, 0.1) is 5.92 Å². The largest absolute Gasteiger partial charge is 0.400 e. The minimum atomic E-state index is 1.00. The zero-order valence-electron chi connectivity index (χ0n) is 11.6. The summed E-state index contributed by atoms with van der Waals surface area (Å²) in [5.41, 5.74) is 0. The lowest BCUT2D eigenvalue weighted by molar-refractivity contribution is -0.0979. The van der Waals surface area contributed by atoms with Gasteiger partial charge in [-0.3, -0.25) is 0 Å². The van der Waals surface area contributed by atoms with Crippen molar-refractivity contribution >= 4 is 6.79 Å². The van der Waals surface area contributed by atoms with Crippen LogP contribution in [0.4, 0.5) is 0 Å². The molecule has 1 N–H and O–H groups in total. The van der Waals surface area contributed by atoms with Crippen molar-refractivity contribution in [3.63, 3.8) is 0 Å². The van der Waals surface area contributed by atoms with Gasteiger partial charge in [-0.2, -0.15) is 0 Å². The molecule has 1 aliphatic carbocycles. The van der Waals surface area contributed by atoms with E-state index in [4.69, 9.17) is 14.6 Å². The highest BCUT2D eigenvalue weighted by Crippen LogP contribution is 2.25. The molecule has 17 heavy (non-hydrogen) atoms. The van der Waals surface area contributed by atoms with E-state index in [1.54, 1.807) is 0 Å². The molecule has 0 bridgehead atoms. The maximum absolute atomic E-state index is 8.00. The zero-order chi connectivity index (χ0) is 13.4. The van der Waals surface area contributed by atoms with Gasteiger partial charge in [0, 0.05) is 20.3 Å². The summed E-state index contributed by atoms with van der Waals surface area (Å²) < 4.78 is 4.94. The molecular formula is C14H30O3. The minimum absolute atomic E-state index is 1.00. The molecule has 3 heteroatoms. The summed E-state index contributed by atoms with van der Waals surface area (Å²) in [5.74, 6) is 1.09. The summed E-state index contributed by atoms with van der Waals surface area (Å²) in [6.45, 7) is 6.32. The van der Waals surface area contributed by atoms with Gasteiger partial charge in [0.2, 0.25) is 0 Å². The average Bonchev–Trinajstić information content (AvgIpc) is 3.03. The summed E-state index contributed by atoms with van der Waals surface area (Å²) in [6.07, 6.45) is 11.5. The van der Waals surface area contributed by atoms with Crippen LogP contribution < -0.4 is 0 Å². The van der Waals surface area contributed by atoms with Gasteiger partial charge in [-0.1, -0.05) is 45.4 Å². The van der Waals surface area contributed by atoms with Gasteiger partial charge in [0.15, 0.2) is 0 Å². The third-order valence-electron chi connectivity index (χ3n) is 3.13. The van der Waals surface area contributed by atoms with Gasteiger partial charge >= 0.3 is 0 Å². The molecule has 0 aromatic carbocycles. The van der Waals surface area contributed by atoms with Crippen molar-refractivity contribution in [2.24, 2.45) is 5.92 Å². The van der Waals surface area contributed by atoms with E-state index < -0.39 is 0 Å². The summed E-state index contributed by atoms with van der Waals surface area (Å²) in [4.78, 5) is 8.00. The van der Waals surface area contributed by atoms with Crippen LogP contribution in [0.5, 0.6) is 0 Å². The number of aliphatic hydroxyl groups is 1. The molecule has 0 unspecified atom stereocenters. The second-order valence-electron chi connectivity index (χ2n) is 4.23. The fourth-order valence-corrected chi connectivity index (χ4v) is 2.11. The van der Waals surface area contributed by atoms with Gasteiger partial charge in [0.05, 0.1) is 0 Å². The number of aliphatic hydroxyl groups excluding tert-OH is 1. The Balaban J connectivity index is 0. The Labute approximate surface area is 107 Å². The van der Waals surface area contributed by atoms with E-state index in [1.807, 2.05) is 6.79 Å². The molecule has 3 nitrogen and oxygen atoms in total. The molecule has 0 amide bonds. The Kier molecular flexibility index (Phi) is 20.0. The number of carbonyl (C=O) groups is 1. The summed E-state index contributed by atoms with van der Waals surface area (Å²) in [6, 6.07) is 0. The molecule has 2 rings (SSSR count). The van der Waals surface area contributed by atoms with Gasteiger partial charge in [-0.15, -0.1) is 0 Å². The smallest absolute Gasteiger partial charge is 0.106 e. The van der Waals surface area contributed by atoms with Crippen molar-refractivity contribution in [1.29, 1.82) is 0 Å². The van der Waals surface area contributed by atoms with E-state index in [-0.39, 0.29) is 0 Å². The van der Waals surface area contributed by atoms with Crippen LogP contribution in [0.3, 0.4) is 0 Å². The van der Waals surface area contributed by atoms with Crippen molar-refractivity contribution in [2.45, 2.75) is 58.3 Å². The second kappa shape index (κ2) is 18.0. The van der Waals surface area contributed by atoms with Crippen LogP contribution in [-0.2, 0) is 9.53 Å². The fourth-order valence-electron chi connectivity index (χ4n) is 2.11. The molecule has 0 aromatic heterocycles. The Bertz CT molecular complexity index is 111. The topological polar surface area (TPSA) is 46.5 Å². The number of rotatable bonds is 1.